The molecule has 3 rings (SSSR count). The van der Waals surface area contributed by atoms with Gasteiger partial charge in [0, 0.05) is 11.1 Å². The fourth-order valence-electron chi connectivity index (χ4n) is 1.80. The molecule has 0 unspecified atom stereocenters. The van der Waals surface area contributed by atoms with Crippen LogP contribution in [0.2, 0.25) is 5.02 Å². The Morgan fingerprint density at radius 3 is 2.88 bits per heavy atom. The molecule has 0 aliphatic heterocycles. The zero-order valence-electron chi connectivity index (χ0n) is 12.4. The van der Waals surface area contributed by atoms with E-state index in [4.69, 9.17) is 28.3 Å². The van der Waals surface area contributed by atoms with Crippen LogP contribution in [0.25, 0.3) is 5.69 Å². The second kappa shape index (κ2) is 7.47. The molecule has 0 bridgehead atoms. The van der Waals surface area contributed by atoms with Crippen molar-refractivity contribution in [1.82, 2.24) is 14.9 Å². The molecule has 1 N–H and O–H groups in total. The van der Waals surface area contributed by atoms with Gasteiger partial charge in [-0.3, -0.25) is 4.79 Å². The maximum absolute atomic E-state index is 11.9. The van der Waals surface area contributed by atoms with Gasteiger partial charge in [-0.25, -0.2) is 4.68 Å². The second-order valence-corrected chi connectivity index (χ2v) is 7.96. The lowest BCUT2D eigenvalue weighted by Gasteiger charge is -2.00. The van der Waals surface area contributed by atoms with Gasteiger partial charge in [-0.15, -0.1) is 5.10 Å². The Labute approximate surface area is 155 Å². The van der Waals surface area contributed by atoms with Crippen LogP contribution in [0.4, 0.5) is 5.82 Å². The van der Waals surface area contributed by atoms with E-state index in [2.05, 4.69) is 15.6 Å². The summed E-state index contributed by atoms with van der Waals surface area (Å²) in [5.74, 6) is 1.05. The predicted octanol–water partition coefficient (Wildman–Crippen LogP) is 4.34. The van der Waals surface area contributed by atoms with Crippen molar-refractivity contribution in [3.8, 4) is 5.69 Å². The molecule has 124 valence electrons. The van der Waals surface area contributed by atoms with Crippen molar-refractivity contribution < 1.29 is 9.32 Å². The first-order valence-electron chi connectivity index (χ1n) is 6.73. The van der Waals surface area contributed by atoms with Gasteiger partial charge in [0.15, 0.2) is 14.1 Å². The number of carbonyl (C=O) groups is 1. The molecular formula is C14H11ClN4O2S3. The zero-order chi connectivity index (χ0) is 17.1. The molecule has 0 aliphatic rings. The third-order valence-corrected chi connectivity index (χ3v) is 5.44. The average Bonchev–Trinajstić information content (AvgIpc) is 3.12. The van der Waals surface area contributed by atoms with Crippen molar-refractivity contribution in [2.24, 2.45) is 0 Å². The van der Waals surface area contributed by atoms with Crippen LogP contribution in [0.3, 0.4) is 0 Å². The van der Waals surface area contributed by atoms with Crippen LogP contribution in [0.5, 0.6) is 0 Å². The number of rotatable bonds is 5. The van der Waals surface area contributed by atoms with E-state index in [1.54, 1.807) is 29.8 Å². The van der Waals surface area contributed by atoms with Crippen LogP contribution in [-0.2, 0) is 4.79 Å². The lowest BCUT2D eigenvalue weighted by Crippen LogP contribution is -2.14. The van der Waals surface area contributed by atoms with Crippen molar-refractivity contribution in [1.29, 1.82) is 0 Å². The van der Waals surface area contributed by atoms with Crippen molar-refractivity contribution in [3.63, 3.8) is 0 Å². The SMILES string of the molecule is Cc1cc(NC(=O)CSc2nn(-c3ccc(Cl)cc3)c(=S)s2)no1. The number of carbonyl (C=O) groups excluding carboxylic acids is 1. The monoisotopic (exact) mass is 398 g/mol. The molecule has 0 radical (unpaired) electrons. The molecule has 0 aliphatic carbocycles. The molecule has 1 amide bonds. The molecule has 24 heavy (non-hydrogen) atoms. The van der Waals surface area contributed by atoms with Crippen molar-refractivity contribution >= 4 is 58.6 Å². The van der Waals surface area contributed by atoms with Crippen LogP contribution in [0.15, 0.2) is 39.2 Å². The molecule has 0 saturated carbocycles. The fourth-order valence-corrected chi connectivity index (χ4v) is 4.08. The minimum absolute atomic E-state index is 0.188. The molecule has 0 spiro atoms. The fraction of sp³-hybridized carbons (Fsp3) is 0.143. The van der Waals surface area contributed by atoms with Crippen molar-refractivity contribution in [2.45, 2.75) is 11.3 Å². The number of anilines is 1. The summed E-state index contributed by atoms with van der Waals surface area (Å²) in [7, 11) is 0. The first kappa shape index (κ1) is 17.2. The first-order valence-corrected chi connectivity index (χ1v) is 9.32. The summed E-state index contributed by atoms with van der Waals surface area (Å²) >= 11 is 13.9. The number of nitrogens with zero attached hydrogens (tertiary/aromatic N) is 3. The third kappa shape index (κ3) is 4.23. The van der Waals surface area contributed by atoms with E-state index < -0.39 is 0 Å². The number of benzene rings is 1. The lowest BCUT2D eigenvalue weighted by molar-refractivity contribution is -0.113. The molecule has 2 heterocycles. The van der Waals surface area contributed by atoms with Gasteiger partial charge >= 0.3 is 0 Å². The van der Waals surface area contributed by atoms with Crippen LogP contribution in [0, 0.1) is 10.9 Å². The summed E-state index contributed by atoms with van der Waals surface area (Å²) in [5.41, 5.74) is 0.829. The molecule has 10 heteroatoms. The van der Waals surface area contributed by atoms with E-state index in [0.29, 0.717) is 24.9 Å². The molecular weight excluding hydrogens is 388 g/mol. The van der Waals surface area contributed by atoms with Crippen LogP contribution >= 0.6 is 46.9 Å². The Hall–Kier alpha value is -1.68. The zero-order valence-corrected chi connectivity index (χ0v) is 15.6. The minimum Gasteiger partial charge on any atom is -0.360 e. The number of aromatic nitrogens is 3. The van der Waals surface area contributed by atoms with Crippen molar-refractivity contribution in [2.75, 3.05) is 11.1 Å². The summed E-state index contributed by atoms with van der Waals surface area (Å²) in [6.07, 6.45) is 0. The molecule has 0 saturated heterocycles. The van der Waals surface area contributed by atoms with E-state index >= 15 is 0 Å². The second-order valence-electron chi connectivity index (χ2n) is 4.68. The minimum atomic E-state index is -0.188. The Kier molecular flexibility index (Phi) is 5.34. The highest BCUT2D eigenvalue weighted by atomic mass is 35.5. The highest BCUT2D eigenvalue weighted by Gasteiger charge is 2.11. The summed E-state index contributed by atoms with van der Waals surface area (Å²) in [4.78, 5) is 11.9. The van der Waals surface area contributed by atoms with E-state index in [-0.39, 0.29) is 11.7 Å². The topological polar surface area (TPSA) is 73.0 Å². The molecule has 1 aromatic carbocycles. The smallest absolute Gasteiger partial charge is 0.236 e. The Balaban J connectivity index is 1.64. The molecule has 6 nitrogen and oxygen atoms in total. The van der Waals surface area contributed by atoms with Crippen LogP contribution in [0.1, 0.15) is 5.76 Å². The lowest BCUT2D eigenvalue weighted by atomic mass is 10.3. The van der Waals surface area contributed by atoms with E-state index in [1.165, 1.54) is 23.1 Å². The molecule has 2 aromatic heterocycles. The van der Waals surface area contributed by atoms with Gasteiger partial charge in [0.2, 0.25) is 5.91 Å². The number of halogens is 1. The standard InChI is InChI=1S/C14H11ClN4O2S3/c1-8-6-11(18-21-8)16-12(20)7-23-13-17-19(14(22)24-13)10-4-2-9(15)3-5-10/h2-6H,7H2,1H3,(H,16,18,20). The highest BCUT2D eigenvalue weighted by molar-refractivity contribution is 8.01. The van der Waals surface area contributed by atoms with Gasteiger partial charge in [0.25, 0.3) is 0 Å². The Morgan fingerprint density at radius 1 is 1.46 bits per heavy atom. The number of thioether (sulfide) groups is 1. The summed E-state index contributed by atoms with van der Waals surface area (Å²) in [5, 5.41) is 11.4. The van der Waals surface area contributed by atoms with Gasteiger partial charge in [0.05, 0.1) is 11.4 Å². The first-order chi connectivity index (χ1) is 11.5. The molecule has 0 atom stereocenters. The summed E-state index contributed by atoms with van der Waals surface area (Å²) < 4.78 is 7.86. The maximum Gasteiger partial charge on any atom is 0.236 e. The Morgan fingerprint density at radius 2 is 2.21 bits per heavy atom. The Bertz CT molecular complexity index is 917. The van der Waals surface area contributed by atoms with E-state index in [1.807, 2.05) is 12.1 Å². The number of hydrogen-bond donors (Lipinski definition) is 1. The van der Waals surface area contributed by atoms with Gasteiger partial charge in [-0.05, 0) is 43.4 Å². The number of hydrogen-bond acceptors (Lipinski definition) is 7. The highest BCUT2D eigenvalue weighted by Crippen LogP contribution is 2.24. The predicted molar refractivity (Wildman–Crippen MR) is 97.9 cm³/mol. The van der Waals surface area contributed by atoms with E-state index in [9.17, 15) is 4.79 Å². The van der Waals surface area contributed by atoms with Crippen molar-refractivity contribution in [3.05, 3.63) is 45.1 Å². The quantitative estimate of drug-likeness (QED) is 0.509. The van der Waals surface area contributed by atoms with Gasteiger partial charge in [-0.2, -0.15) is 0 Å². The van der Waals surface area contributed by atoms with E-state index in [0.717, 1.165) is 5.69 Å². The molecule has 0 fully saturated rings. The largest absolute Gasteiger partial charge is 0.360 e. The normalized spacial score (nSPS) is 10.8. The third-order valence-electron chi connectivity index (χ3n) is 2.82. The summed E-state index contributed by atoms with van der Waals surface area (Å²) in [6, 6.07) is 8.88. The maximum atomic E-state index is 11.9. The van der Waals surface area contributed by atoms with Crippen LogP contribution < -0.4 is 5.32 Å². The average molecular weight is 399 g/mol. The molecule has 3 aromatic rings. The van der Waals surface area contributed by atoms with Gasteiger partial charge < -0.3 is 9.84 Å². The van der Waals surface area contributed by atoms with Crippen LogP contribution in [-0.4, -0.2) is 26.6 Å². The number of aryl methyl sites for hydroxylation is 1. The van der Waals surface area contributed by atoms with Gasteiger partial charge in [-0.1, -0.05) is 39.9 Å². The van der Waals surface area contributed by atoms with Gasteiger partial charge in [0.1, 0.15) is 5.76 Å². The summed E-state index contributed by atoms with van der Waals surface area (Å²) in [6.45, 7) is 1.76. The number of amides is 1. The number of nitrogens with one attached hydrogen (secondary N) is 1.